The molecule has 0 aromatic carbocycles. The van der Waals surface area contributed by atoms with Crippen molar-refractivity contribution < 1.29 is 24.5 Å². The van der Waals surface area contributed by atoms with Crippen LogP contribution >= 0.6 is 0 Å². The number of ether oxygens (including phenoxy) is 1. The van der Waals surface area contributed by atoms with Crippen LogP contribution in [-0.4, -0.2) is 47.4 Å². The Labute approximate surface area is 474 Å². The van der Waals surface area contributed by atoms with Gasteiger partial charge in [-0.15, -0.1) is 0 Å². The van der Waals surface area contributed by atoms with Gasteiger partial charge in [0.2, 0.25) is 5.91 Å². The summed E-state index contributed by atoms with van der Waals surface area (Å²) in [5, 5.41) is 23.1. The quantitative estimate of drug-likeness (QED) is 0.0320. The maximum Gasteiger partial charge on any atom is 0.305 e. The second kappa shape index (κ2) is 65.3. The highest BCUT2D eigenvalue weighted by Gasteiger charge is 2.18. The number of rotatable bonds is 63. The molecule has 446 valence electrons. The Hall–Kier alpha value is -2.18. The highest BCUT2D eigenvalue weighted by atomic mass is 16.5. The fourth-order valence-corrected chi connectivity index (χ4v) is 10.4. The maximum atomic E-state index is 12.4. The molecule has 0 heterocycles. The number of carbonyl (C=O) groups excluding carboxylic acids is 2. The van der Waals surface area contributed by atoms with Crippen molar-refractivity contribution in [1.82, 2.24) is 5.32 Å². The van der Waals surface area contributed by atoms with Crippen LogP contribution in [0.1, 0.15) is 361 Å². The van der Waals surface area contributed by atoms with E-state index in [9.17, 15) is 19.8 Å². The predicted molar refractivity (Wildman–Crippen MR) is 333 cm³/mol. The Morgan fingerprint density at radius 1 is 0.368 bits per heavy atom. The van der Waals surface area contributed by atoms with Crippen molar-refractivity contribution in [2.45, 2.75) is 373 Å². The number of aliphatic hydroxyl groups excluding tert-OH is 2. The van der Waals surface area contributed by atoms with Crippen LogP contribution in [0.25, 0.3) is 0 Å². The zero-order valence-electron chi connectivity index (χ0n) is 51.0. The molecule has 0 aliphatic carbocycles. The molecule has 2 unspecified atom stereocenters. The third kappa shape index (κ3) is 61.0. The summed E-state index contributed by atoms with van der Waals surface area (Å²) in [6.07, 6.45) is 84.7. The lowest BCUT2D eigenvalue weighted by atomic mass is 10.0. The van der Waals surface area contributed by atoms with E-state index < -0.39 is 12.1 Å². The lowest BCUT2D eigenvalue weighted by molar-refractivity contribution is -0.143. The highest BCUT2D eigenvalue weighted by Crippen LogP contribution is 2.17. The van der Waals surface area contributed by atoms with Crippen molar-refractivity contribution in [3.05, 3.63) is 48.6 Å². The Morgan fingerprint density at radius 3 is 1.03 bits per heavy atom. The van der Waals surface area contributed by atoms with Gasteiger partial charge in [0.25, 0.3) is 0 Å². The van der Waals surface area contributed by atoms with Gasteiger partial charge in [-0.25, -0.2) is 0 Å². The zero-order valence-corrected chi connectivity index (χ0v) is 51.0. The topological polar surface area (TPSA) is 95.9 Å². The van der Waals surface area contributed by atoms with Crippen molar-refractivity contribution in [2.75, 3.05) is 13.2 Å². The van der Waals surface area contributed by atoms with Gasteiger partial charge in [0.15, 0.2) is 0 Å². The van der Waals surface area contributed by atoms with Crippen molar-refractivity contribution in [3.8, 4) is 0 Å². The number of hydrogen-bond acceptors (Lipinski definition) is 5. The van der Waals surface area contributed by atoms with Crippen molar-refractivity contribution in [1.29, 1.82) is 0 Å². The first kappa shape index (κ1) is 73.8. The second-order valence-electron chi connectivity index (χ2n) is 23.1. The van der Waals surface area contributed by atoms with Crippen LogP contribution in [-0.2, 0) is 14.3 Å². The van der Waals surface area contributed by atoms with Gasteiger partial charge >= 0.3 is 5.97 Å². The standard InChI is InChI=1S/C70H131NO5/c1-3-5-7-9-11-13-15-17-18-19-34-37-40-44-48-52-56-60-64-70(75)76-65-61-57-53-49-45-41-38-35-32-30-28-26-24-22-20-21-23-25-27-29-31-33-36-39-43-47-51-55-59-63-69(74)71-67(66-72)68(73)62-58-54-50-46-42-16-14-12-10-8-6-4-2/h13,15,18-20,22,58,62,67-68,72-73H,3-12,14,16-17,21,23-57,59-61,63-66H2,1-2H3,(H,71,74)/b15-13-,19-18-,22-20-,62-58+. The van der Waals surface area contributed by atoms with Gasteiger partial charge in [0.1, 0.15) is 0 Å². The molecule has 0 aliphatic heterocycles. The van der Waals surface area contributed by atoms with E-state index in [1.54, 1.807) is 6.08 Å². The predicted octanol–water partition coefficient (Wildman–Crippen LogP) is 21.7. The minimum Gasteiger partial charge on any atom is -0.466 e. The van der Waals surface area contributed by atoms with Crippen LogP contribution in [0.3, 0.4) is 0 Å². The molecule has 0 aliphatic rings. The largest absolute Gasteiger partial charge is 0.466 e. The minimum absolute atomic E-state index is 0.00873. The molecular weight excluding hydrogens is 935 g/mol. The summed E-state index contributed by atoms with van der Waals surface area (Å²) in [6.45, 7) is 4.89. The number of amides is 1. The van der Waals surface area contributed by atoms with Crippen molar-refractivity contribution >= 4 is 11.9 Å². The van der Waals surface area contributed by atoms with Crippen LogP contribution < -0.4 is 5.32 Å². The first-order valence-corrected chi connectivity index (χ1v) is 33.9. The summed E-state index contributed by atoms with van der Waals surface area (Å²) < 4.78 is 5.50. The highest BCUT2D eigenvalue weighted by molar-refractivity contribution is 5.76. The fourth-order valence-electron chi connectivity index (χ4n) is 10.4. The van der Waals surface area contributed by atoms with Crippen LogP contribution in [0.2, 0.25) is 0 Å². The van der Waals surface area contributed by atoms with Gasteiger partial charge < -0.3 is 20.3 Å². The number of esters is 1. The van der Waals surface area contributed by atoms with Crippen LogP contribution in [0.5, 0.6) is 0 Å². The molecule has 3 N–H and O–H groups in total. The molecule has 0 radical (unpaired) electrons. The summed E-state index contributed by atoms with van der Waals surface area (Å²) in [5.41, 5.74) is 0. The molecule has 0 aromatic heterocycles. The molecule has 76 heavy (non-hydrogen) atoms. The van der Waals surface area contributed by atoms with E-state index >= 15 is 0 Å². The Bertz CT molecular complexity index is 1270. The molecule has 0 spiro atoms. The molecule has 0 saturated carbocycles. The molecule has 0 rings (SSSR count). The summed E-state index contributed by atoms with van der Waals surface area (Å²) in [5.74, 6) is -0.0585. The van der Waals surface area contributed by atoms with E-state index in [4.69, 9.17) is 4.74 Å². The second-order valence-corrected chi connectivity index (χ2v) is 23.1. The first-order chi connectivity index (χ1) is 37.5. The SMILES string of the molecule is CCCCCC/C=C\C/C=C\CCCCCCCCCC(=O)OCCCCCCCCCCCCCC/C=C\CCCCCCCCCCCCCCCC(=O)NC(CO)C(O)/C=C/CCCCCCCCCCCC. The molecule has 2 atom stereocenters. The first-order valence-electron chi connectivity index (χ1n) is 33.9. The normalized spacial score (nSPS) is 12.8. The van der Waals surface area contributed by atoms with E-state index in [2.05, 4.69) is 55.6 Å². The fraction of sp³-hybridized carbons (Fsp3) is 0.857. The van der Waals surface area contributed by atoms with Gasteiger partial charge in [-0.2, -0.15) is 0 Å². The summed E-state index contributed by atoms with van der Waals surface area (Å²) in [4.78, 5) is 24.5. The van der Waals surface area contributed by atoms with Crippen molar-refractivity contribution in [3.63, 3.8) is 0 Å². The number of hydrogen-bond donors (Lipinski definition) is 3. The van der Waals surface area contributed by atoms with Crippen LogP contribution in [0.4, 0.5) is 0 Å². The van der Waals surface area contributed by atoms with Crippen LogP contribution in [0.15, 0.2) is 48.6 Å². The van der Waals surface area contributed by atoms with E-state index in [1.165, 1.54) is 283 Å². The third-order valence-electron chi connectivity index (χ3n) is 15.6. The summed E-state index contributed by atoms with van der Waals surface area (Å²) in [7, 11) is 0. The van der Waals surface area contributed by atoms with Gasteiger partial charge in [0.05, 0.1) is 25.4 Å². The van der Waals surface area contributed by atoms with Gasteiger partial charge in [-0.1, -0.05) is 306 Å². The molecule has 0 bridgehead atoms. The van der Waals surface area contributed by atoms with E-state index in [0.717, 1.165) is 51.4 Å². The molecule has 0 aromatic rings. The number of unbranched alkanes of at least 4 members (excludes halogenated alkanes) is 46. The maximum absolute atomic E-state index is 12.4. The summed E-state index contributed by atoms with van der Waals surface area (Å²) in [6, 6.07) is -0.627. The van der Waals surface area contributed by atoms with Crippen molar-refractivity contribution in [2.24, 2.45) is 0 Å². The lowest BCUT2D eigenvalue weighted by Crippen LogP contribution is -2.45. The lowest BCUT2D eigenvalue weighted by Gasteiger charge is -2.20. The van der Waals surface area contributed by atoms with E-state index in [0.29, 0.717) is 19.4 Å². The van der Waals surface area contributed by atoms with E-state index in [-0.39, 0.29) is 18.5 Å². The van der Waals surface area contributed by atoms with Gasteiger partial charge in [-0.3, -0.25) is 9.59 Å². The molecule has 6 nitrogen and oxygen atoms in total. The molecule has 1 amide bonds. The van der Waals surface area contributed by atoms with E-state index in [1.807, 2.05) is 6.08 Å². The average Bonchev–Trinajstić information content (AvgIpc) is 3.42. The zero-order chi connectivity index (χ0) is 55.0. The molecule has 6 heteroatoms. The number of carbonyl (C=O) groups is 2. The number of aliphatic hydroxyl groups is 2. The van der Waals surface area contributed by atoms with Gasteiger partial charge in [-0.05, 0) is 89.9 Å². The number of allylic oxidation sites excluding steroid dienone is 7. The Kier molecular flexibility index (Phi) is 63.5. The third-order valence-corrected chi connectivity index (χ3v) is 15.6. The molecular formula is C70H131NO5. The van der Waals surface area contributed by atoms with Gasteiger partial charge in [0, 0.05) is 12.8 Å². The Balaban J connectivity index is 3.37. The monoisotopic (exact) mass is 1070 g/mol. The minimum atomic E-state index is -0.843. The Morgan fingerprint density at radius 2 is 0.658 bits per heavy atom. The van der Waals surface area contributed by atoms with Crippen LogP contribution in [0, 0.1) is 0 Å². The molecule has 0 fully saturated rings. The average molecular weight is 1070 g/mol. The smallest absolute Gasteiger partial charge is 0.305 e. The summed E-state index contributed by atoms with van der Waals surface area (Å²) >= 11 is 0. The molecule has 0 saturated heterocycles. The number of nitrogens with one attached hydrogen (secondary N) is 1.